The van der Waals surface area contributed by atoms with Crippen molar-refractivity contribution in [3.05, 3.63) is 89.7 Å². The zero-order valence-corrected chi connectivity index (χ0v) is 25.7. The number of amides is 2. The van der Waals surface area contributed by atoms with Crippen LogP contribution >= 0.6 is 0 Å². The maximum absolute atomic E-state index is 14.1. The molecule has 3 rings (SSSR count). The van der Waals surface area contributed by atoms with E-state index in [1.54, 1.807) is 0 Å². The van der Waals surface area contributed by atoms with Crippen molar-refractivity contribution in [2.24, 2.45) is 5.92 Å². The van der Waals surface area contributed by atoms with E-state index in [9.17, 15) is 22.4 Å². The Bertz CT molecular complexity index is 1430. The lowest BCUT2D eigenvalue weighted by molar-refractivity contribution is -0.140. The van der Waals surface area contributed by atoms with E-state index in [2.05, 4.69) is 5.32 Å². The van der Waals surface area contributed by atoms with Crippen molar-refractivity contribution in [1.29, 1.82) is 0 Å². The van der Waals surface area contributed by atoms with Crippen LogP contribution in [0.15, 0.2) is 77.7 Å². The lowest BCUT2D eigenvalue weighted by atomic mass is 10.1. The van der Waals surface area contributed by atoms with E-state index in [1.165, 1.54) is 41.3 Å². The molecule has 226 valence electrons. The maximum atomic E-state index is 14.1. The fraction of sp³-hybridized carbons (Fsp3) is 0.375. The summed E-state index contributed by atoms with van der Waals surface area (Å²) in [6, 6.07) is 17.5. The molecule has 0 saturated carbocycles. The van der Waals surface area contributed by atoms with Gasteiger partial charge >= 0.3 is 0 Å². The lowest BCUT2D eigenvalue weighted by Crippen LogP contribution is -2.52. The summed E-state index contributed by atoms with van der Waals surface area (Å²) < 4.78 is 48.1. The average Bonchev–Trinajstić information content (AvgIpc) is 2.96. The molecule has 42 heavy (non-hydrogen) atoms. The summed E-state index contributed by atoms with van der Waals surface area (Å²) in [7, 11) is -4.27. The average molecular weight is 598 g/mol. The van der Waals surface area contributed by atoms with Crippen molar-refractivity contribution < 1.29 is 27.1 Å². The van der Waals surface area contributed by atoms with Gasteiger partial charge in [0.25, 0.3) is 10.0 Å². The minimum Gasteiger partial charge on any atom is -0.494 e. The van der Waals surface area contributed by atoms with Crippen LogP contribution in [0.25, 0.3) is 0 Å². The maximum Gasteiger partial charge on any atom is 0.264 e. The molecule has 0 radical (unpaired) electrons. The van der Waals surface area contributed by atoms with Crippen molar-refractivity contribution in [2.45, 2.75) is 58.5 Å². The van der Waals surface area contributed by atoms with Crippen molar-refractivity contribution in [1.82, 2.24) is 10.2 Å². The largest absolute Gasteiger partial charge is 0.494 e. The monoisotopic (exact) mass is 597 g/mol. The van der Waals surface area contributed by atoms with Gasteiger partial charge in [-0.05, 0) is 80.3 Å². The highest BCUT2D eigenvalue weighted by Gasteiger charge is 2.33. The third-order valence-electron chi connectivity index (χ3n) is 6.66. The Labute approximate surface area is 248 Å². The number of hydrogen-bond donors (Lipinski definition) is 1. The van der Waals surface area contributed by atoms with E-state index in [0.717, 1.165) is 27.6 Å². The summed E-state index contributed by atoms with van der Waals surface area (Å²) in [5.74, 6) is -0.711. The van der Waals surface area contributed by atoms with Crippen molar-refractivity contribution in [2.75, 3.05) is 24.0 Å². The molecule has 0 spiro atoms. The zero-order chi connectivity index (χ0) is 30.9. The first-order valence-corrected chi connectivity index (χ1v) is 15.5. The fourth-order valence-corrected chi connectivity index (χ4v) is 5.78. The minimum absolute atomic E-state index is 0.0603. The summed E-state index contributed by atoms with van der Waals surface area (Å²) in [5.41, 5.74) is 1.96. The number of hydrogen-bond acceptors (Lipinski definition) is 5. The van der Waals surface area contributed by atoms with Gasteiger partial charge in [0.05, 0.1) is 17.2 Å². The molecular formula is C32H40FN3O5S. The molecule has 3 aromatic rings. The number of carbonyl (C=O) groups is 2. The molecule has 0 aliphatic carbocycles. The van der Waals surface area contributed by atoms with Crippen molar-refractivity contribution in [3.8, 4) is 5.75 Å². The molecule has 3 aromatic carbocycles. The van der Waals surface area contributed by atoms with Crippen LogP contribution in [0.5, 0.6) is 5.75 Å². The Morgan fingerprint density at radius 1 is 0.929 bits per heavy atom. The van der Waals surface area contributed by atoms with Crippen LogP contribution in [0, 0.1) is 18.7 Å². The first kappa shape index (κ1) is 32.6. The van der Waals surface area contributed by atoms with Gasteiger partial charge in [0, 0.05) is 13.1 Å². The minimum atomic E-state index is -4.27. The van der Waals surface area contributed by atoms with Gasteiger partial charge in [-0.3, -0.25) is 13.9 Å². The highest BCUT2D eigenvalue weighted by molar-refractivity contribution is 7.92. The van der Waals surface area contributed by atoms with Crippen LogP contribution in [0.1, 0.15) is 45.2 Å². The molecule has 8 nitrogen and oxygen atoms in total. The number of nitrogens with one attached hydrogen (secondary N) is 1. The van der Waals surface area contributed by atoms with E-state index >= 15 is 0 Å². The second kappa shape index (κ2) is 14.8. The molecule has 1 unspecified atom stereocenters. The zero-order valence-electron chi connectivity index (χ0n) is 24.8. The molecule has 0 aliphatic heterocycles. The molecule has 0 heterocycles. The number of sulfonamides is 1. The molecule has 0 aromatic heterocycles. The van der Waals surface area contributed by atoms with Gasteiger partial charge in [0.15, 0.2) is 0 Å². The number of anilines is 1. The van der Waals surface area contributed by atoms with Gasteiger partial charge in [0.2, 0.25) is 11.8 Å². The first-order chi connectivity index (χ1) is 20.0. The van der Waals surface area contributed by atoms with Crippen molar-refractivity contribution >= 4 is 27.5 Å². The molecule has 10 heteroatoms. The van der Waals surface area contributed by atoms with Crippen LogP contribution < -0.4 is 14.4 Å². The van der Waals surface area contributed by atoms with Gasteiger partial charge in [-0.15, -0.1) is 0 Å². The van der Waals surface area contributed by atoms with Crippen LogP contribution in [0.3, 0.4) is 0 Å². The standard InChI is InChI=1S/C32H40FN3O5S/c1-6-30(32(38)34-20-23(3)4)35(21-25-10-8-24(5)9-11-25)31(37)22-36(27-14-12-26(33)13-15-27)42(39,40)29-18-16-28(17-19-29)41-7-2/h8-19,23,30H,6-7,20-22H2,1-5H3,(H,34,38). The molecule has 0 saturated heterocycles. The number of ether oxygens (including phenoxy) is 1. The SMILES string of the molecule is CCOc1ccc(S(=O)(=O)N(CC(=O)N(Cc2ccc(C)cc2)C(CC)C(=O)NCC(C)C)c2ccc(F)cc2)cc1. The third-order valence-corrected chi connectivity index (χ3v) is 8.45. The van der Waals surface area contributed by atoms with Gasteiger partial charge in [-0.1, -0.05) is 50.6 Å². The molecule has 1 N–H and O–H groups in total. The van der Waals surface area contributed by atoms with E-state index in [-0.39, 0.29) is 29.0 Å². The molecule has 2 amide bonds. The summed E-state index contributed by atoms with van der Waals surface area (Å²) >= 11 is 0. The Morgan fingerprint density at radius 3 is 2.10 bits per heavy atom. The number of benzene rings is 3. The number of carbonyl (C=O) groups excluding carboxylic acids is 2. The third kappa shape index (κ3) is 8.55. The Balaban J connectivity index is 2.03. The summed E-state index contributed by atoms with van der Waals surface area (Å²) in [6.07, 6.45) is 0.323. The predicted molar refractivity (Wildman–Crippen MR) is 162 cm³/mol. The quantitative estimate of drug-likeness (QED) is 0.272. The highest BCUT2D eigenvalue weighted by atomic mass is 32.2. The predicted octanol–water partition coefficient (Wildman–Crippen LogP) is 5.31. The van der Waals surface area contributed by atoms with Crippen LogP contribution in [0.4, 0.5) is 10.1 Å². The molecular weight excluding hydrogens is 557 g/mol. The normalized spacial score (nSPS) is 12.1. The highest BCUT2D eigenvalue weighted by Crippen LogP contribution is 2.26. The molecule has 0 aliphatic rings. The van der Waals surface area contributed by atoms with E-state index in [4.69, 9.17) is 4.74 Å². The Kier molecular flexibility index (Phi) is 11.5. The smallest absolute Gasteiger partial charge is 0.264 e. The number of nitrogens with zero attached hydrogens (tertiary/aromatic N) is 2. The van der Waals surface area contributed by atoms with E-state index in [1.807, 2.05) is 58.9 Å². The second-order valence-corrected chi connectivity index (χ2v) is 12.3. The lowest BCUT2D eigenvalue weighted by Gasteiger charge is -2.33. The first-order valence-electron chi connectivity index (χ1n) is 14.1. The molecule has 0 fully saturated rings. The number of aryl methyl sites for hydroxylation is 1. The van der Waals surface area contributed by atoms with Crippen LogP contribution in [-0.4, -0.2) is 50.9 Å². The van der Waals surface area contributed by atoms with Crippen LogP contribution in [0.2, 0.25) is 0 Å². The van der Waals surface area contributed by atoms with E-state index in [0.29, 0.717) is 25.3 Å². The van der Waals surface area contributed by atoms with E-state index < -0.39 is 34.3 Å². The van der Waals surface area contributed by atoms with Gasteiger partial charge in [0.1, 0.15) is 24.2 Å². The number of halogens is 1. The topological polar surface area (TPSA) is 96.0 Å². The van der Waals surface area contributed by atoms with Gasteiger partial charge < -0.3 is 15.0 Å². The second-order valence-electron chi connectivity index (χ2n) is 10.5. The Morgan fingerprint density at radius 2 is 1.55 bits per heavy atom. The van der Waals surface area contributed by atoms with Gasteiger partial charge in [-0.25, -0.2) is 12.8 Å². The fourth-order valence-electron chi connectivity index (χ4n) is 4.37. The number of rotatable bonds is 14. The van der Waals surface area contributed by atoms with Gasteiger partial charge in [-0.2, -0.15) is 0 Å². The summed E-state index contributed by atoms with van der Waals surface area (Å²) in [4.78, 5) is 28.7. The molecule has 0 bridgehead atoms. The van der Waals surface area contributed by atoms with Crippen molar-refractivity contribution in [3.63, 3.8) is 0 Å². The van der Waals surface area contributed by atoms with Crippen LogP contribution in [-0.2, 0) is 26.2 Å². The Hall–Kier alpha value is -3.92. The summed E-state index contributed by atoms with van der Waals surface area (Å²) in [6.45, 7) is 9.90. The summed E-state index contributed by atoms with van der Waals surface area (Å²) in [5, 5.41) is 2.91. The molecule has 1 atom stereocenters.